The van der Waals surface area contributed by atoms with Crippen molar-refractivity contribution in [2.45, 2.75) is 30.8 Å². The van der Waals surface area contributed by atoms with Crippen LogP contribution in [0.2, 0.25) is 0 Å². The topological polar surface area (TPSA) is 101 Å². The van der Waals surface area contributed by atoms with Gasteiger partial charge in [0, 0.05) is 6.16 Å². The van der Waals surface area contributed by atoms with Gasteiger partial charge in [-0.3, -0.25) is 9.36 Å². The van der Waals surface area contributed by atoms with Gasteiger partial charge in [0.25, 0.3) is 0 Å². The highest BCUT2D eigenvalue weighted by atomic mass is 31.2. The molecule has 0 aromatic carbocycles. The van der Waals surface area contributed by atoms with Crippen molar-refractivity contribution in [2.24, 2.45) is 5.73 Å². The first-order valence-corrected chi connectivity index (χ1v) is 6.56. The second-order valence-corrected chi connectivity index (χ2v) is 6.46. The molecule has 2 atom stereocenters. The number of carboxylic acids is 1. The Morgan fingerprint density at radius 3 is 2.57 bits per heavy atom. The summed E-state index contributed by atoms with van der Waals surface area (Å²) in [6.07, 6.45) is 1.65. The minimum Gasteiger partial charge on any atom is -0.480 e. The highest BCUT2D eigenvalue weighted by molar-refractivity contribution is 7.61. The highest BCUT2D eigenvalue weighted by Gasteiger charge is 2.56. The number of carboxylic acid groups (broad SMARTS) is 1. The Balaban J connectivity index is 2.92. The van der Waals surface area contributed by atoms with E-state index in [1.54, 1.807) is 0 Å². The number of aliphatic carboxylic acids is 1. The predicted octanol–water partition coefficient (Wildman–Crippen LogP) is 0.613. The van der Waals surface area contributed by atoms with Crippen LogP contribution in [0, 0.1) is 0 Å². The van der Waals surface area contributed by atoms with Gasteiger partial charge in [-0.05, 0) is 32.2 Å². The molecule has 0 saturated carbocycles. The smallest absolute Gasteiger partial charge is 0.319 e. The van der Waals surface area contributed by atoms with E-state index in [2.05, 4.69) is 0 Å². The van der Waals surface area contributed by atoms with Gasteiger partial charge in [-0.15, -0.1) is 0 Å². The lowest BCUT2D eigenvalue weighted by atomic mass is 9.97. The fourth-order valence-electron chi connectivity index (χ4n) is 2.03. The Hall–Kier alpha value is -0.380. The summed E-state index contributed by atoms with van der Waals surface area (Å²) in [5.74, 6) is -1.14. The van der Waals surface area contributed by atoms with E-state index in [0.717, 1.165) is 0 Å². The van der Waals surface area contributed by atoms with Crippen molar-refractivity contribution in [2.75, 3.05) is 12.7 Å². The molecule has 0 amide bonds. The molecule has 6 heteroatoms. The van der Waals surface area contributed by atoms with Gasteiger partial charge in [-0.2, -0.15) is 0 Å². The van der Waals surface area contributed by atoms with Gasteiger partial charge in [-0.1, -0.05) is 0 Å². The second-order valence-electron chi connectivity index (χ2n) is 3.76. The molecule has 1 aliphatic heterocycles. The van der Waals surface area contributed by atoms with E-state index in [1.807, 2.05) is 0 Å². The zero-order chi connectivity index (χ0) is 10.8. The molecule has 0 aromatic rings. The molecule has 0 spiro atoms. The molecule has 0 aliphatic carbocycles. The summed E-state index contributed by atoms with van der Waals surface area (Å²) in [4.78, 5) is 20.7. The summed E-state index contributed by atoms with van der Waals surface area (Å²) in [6, 6.07) is 0. The van der Waals surface area contributed by atoms with E-state index in [9.17, 15) is 14.3 Å². The minimum absolute atomic E-state index is 0.129. The van der Waals surface area contributed by atoms with Gasteiger partial charge >= 0.3 is 5.97 Å². The predicted molar refractivity (Wildman–Crippen MR) is 52.6 cm³/mol. The van der Waals surface area contributed by atoms with Crippen molar-refractivity contribution in [1.82, 2.24) is 0 Å². The molecule has 1 rings (SSSR count). The van der Waals surface area contributed by atoms with Crippen molar-refractivity contribution >= 4 is 13.3 Å². The molecular weight excluding hydrogens is 205 g/mol. The Morgan fingerprint density at radius 1 is 1.57 bits per heavy atom. The Morgan fingerprint density at radius 2 is 2.21 bits per heavy atom. The molecule has 0 aromatic heterocycles. The maximum absolute atomic E-state index is 11.7. The molecular formula is C8H16NO4P. The van der Waals surface area contributed by atoms with Gasteiger partial charge in [0.1, 0.15) is 5.16 Å². The van der Waals surface area contributed by atoms with E-state index < -0.39 is 18.5 Å². The Labute approximate surface area is 82.8 Å². The van der Waals surface area contributed by atoms with Crippen LogP contribution in [0.5, 0.6) is 0 Å². The van der Waals surface area contributed by atoms with Crippen LogP contribution in [0.25, 0.3) is 0 Å². The van der Waals surface area contributed by atoms with E-state index in [-0.39, 0.29) is 12.6 Å². The highest BCUT2D eigenvalue weighted by Crippen LogP contribution is 2.64. The monoisotopic (exact) mass is 221 g/mol. The Kier molecular flexibility index (Phi) is 3.35. The molecule has 4 N–H and O–H groups in total. The fourth-order valence-corrected chi connectivity index (χ4v) is 4.36. The number of hydrogen-bond acceptors (Lipinski definition) is 3. The van der Waals surface area contributed by atoms with Crippen LogP contribution in [0.15, 0.2) is 0 Å². The first-order valence-electron chi connectivity index (χ1n) is 4.72. The molecule has 14 heavy (non-hydrogen) atoms. The molecule has 0 bridgehead atoms. The van der Waals surface area contributed by atoms with Crippen LogP contribution in [0.1, 0.15) is 25.7 Å². The van der Waals surface area contributed by atoms with Crippen molar-refractivity contribution in [1.29, 1.82) is 0 Å². The summed E-state index contributed by atoms with van der Waals surface area (Å²) in [5.41, 5.74) is 5.29. The van der Waals surface area contributed by atoms with Crippen molar-refractivity contribution in [3.8, 4) is 0 Å². The fraction of sp³-hybridized carbons (Fsp3) is 0.875. The normalized spacial score (nSPS) is 37.3. The second kappa shape index (κ2) is 4.01. The lowest BCUT2D eigenvalue weighted by Crippen LogP contribution is -2.36. The van der Waals surface area contributed by atoms with Gasteiger partial charge in [-0.25, -0.2) is 0 Å². The number of hydrogen-bond donors (Lipinski definition) is 3. The van der Waals surface area contributed by atoms with E-state index >= 15 is 0 Å². The van der Waals surface area contributed by atoms with E-state index in [1.165, 1.54) is 0 Å². The summed E-state index contributed by atoms with van der Waals surface area (Å²) >= 11 is 0. The summed E-state index contributed by atoms with van der Waals surface area (Å²) in [6.45, 7) is 0.356. The van der Waals surface area contributed by atoms with Crippen LogP contribution < -0.4 is 5.73 Å². The van der Waals surface area contributed by atoms with E-state index in [4.69, 9.17) is 10.8 Å². The molecule has 1 aliphatic rings. The zero-order valence-electron chi connectivity index (χ0n) is 7.98. The van der Waals surface area contributed by atoms with Crippen molar-refractivity contribution in [3.05, 3.63) is 0 Å². The molecule has 2 unspecified atom stereocenters. The third-order valence-electron chi connectivity index (χ3n) is 2.91. The largest absolute Gasteiger partial charge is 0.480 e. The van der Waals surface area contributed by atoms with Gasteiger partial charge in [0.2, 0.25) is 7.37 Å². The quantitative estimate of drug-likeness (QED) is 0.604. The number of nitrogens with two attached hydrogens (primary N) is 1. The van der Waals surface area contributed by atoms with Gasteiger partial charge in [0.05, 0.1) is 0 Å². The summed E-state index contributed by atoms with van der Waals surface area (Å²) < 4.78 is 11.7. The number of carbonyl (C=O) groups is 1. The van der Waals surface area contributed by atoms with Crippen LogP contribution in [-0.4, -0.2) is 33.8 Å². The van der Waals surface area contributed by atoms with Crippen LogP contribution in [-0.2, 0) is 9.36 Å². The maximum atomic E-state index is 11.7. The molecule has 1 heterocycles. The van der Waals surface area contributed by atoms with Gasteiger partial charge < -0.3 is 15.7 Å². The summed E-state index contributed by atoms with van der Waals surface area (Å²) in [7, 11) is -3.53. The molecule has 5 nitrogen and oxygen atoms in total. The third kappa shape index (κ3) is 1.72. The maximum Gasteiger partial charge on any atom is 0.319 e. The molecule has 0 radical (unpaired) electrons. The standard InChI is InChI=1S/C8H16NO4P/c9-5-1-3-8(7(10)11)4-2-6-14(8,12)13/h1-6,9H2,(H,10,11)(H,12,13). The van der Waals surface area contributed by atoms with Crippen LogP contribution >= 0.6 is 7.37 Å². The number of rotatable bonds is 4. The summed E-state index contributed by atoms with van der Waals surface area (Å²) in [5, 5.41) is 7.64. The van der Waals surface area contributed by atoms with Crippen molar-refractivity contribution < 1.29 is 19.4 Å². The average molecular weight is 221 g/mol. The molecule has 1 fully saturated rings. The molecule has 82 valence electrons. The lowest BCUT2D eigenvalue weighted by Gasteiger charge is -2.27. The van der Waals surface area contributed by atoms with Crippen LogP contribution in [0.4, 0.5) is 0 Å². The zero-order valence-corrected chi connectivity index (χ0v) is 8.87. The SMILES string of the molecule is NCCCC1(C(=O)O)CCCP1(=O)O. The van der Waals surface area contributed by atoms with E-state index in [0.29, 0.717) is 25.8 Å². The van der Waals surface area contributed by atoms with Crippen molar-refractivity contribution in [3.63, 3.8) is 0 Å². The first kappa shape index (κ1) is 11.7. The van der Waals surface area contributed by atoms with Crippen LogP contribution in [0.3, 0.4) is 0 Å². The van der Waals surface area contributed by atoms with Gasteiger partial charge in [0.15, 0.2) is 0 Å². The average Bonchev–Trinajstić information content (AvgIpc) is 2.38. The molecule has 1 saturated heterocycles. The lowest BCUT2D eigenvalue weighted by molar-refractivity contribution is -0.140. The first-order chi connectivity index (χ1) is 6.46. The Bertz CT molecular complexity index is 281. The minimum atomic E-state index is -3.53. The third-order valence-corrected chi connectivity index (χ3v) is 5.81.